The van der Waals surface area contributed by atoms with Crippen LogP contribution < -0.4 is 10.6 Å². The number of nitrogens with zero attached hydrogens (tertiary/aromatic N) is 2. The number of nitrogens with one attached hydrogen (secondary N) is 2. The van der Waals surface area contributed by atoms with Gasteiger partial charge in [-0.3, -0.25) is 9.48 Å². The molecule has 0 atom stereocenters. The Morgan fingerprint density at radius 1 is 1.32 bits per heavy atom. The molecule has 2 rings (SSSR count). The minimum atomic E-state index is -0.0952. The number of anilines is 1. The predicted octanol–water partition coefficient (Wildman–Crippen LogP) is 1.78. The maximum Gasteiger partial charge on any atom is 0.253 e. The Morgan fingerprint density at radius 3 is 2.79 bits per heavy atom. The second-order valence-corrected chi connectivity index (χ2v) is 4.24. The summed E-state index contributed by atoms with van der Waals surface area (Å²) >= 11 is 0. The van der Waals surface area contributed by atoms with E-state index in [0.29, 0.717) is 12.1 Å². The maximum atomic E-state index is 12.1. The van der Waals surface area contributed by atoms with Crippen LogP contribution in [0.3, 0.4) is 0 Å². The quantitative estimate of drug-likeness (QED) is 0.859. The van der Waals surface area contributed by atoms with Gasteiger partial charge in [-0.2, -0.15) is 5.10 Å². The monoisotopic (exact) mass is 258 g/mol. The summed E-state index contributed by atoms with van der Waals surface area (Å²) in [5.74, 6) is -0.0952. The molecule has 0 unspecified atom stereocenters. The van der Waals surface area contributed by atoms with Crippen LogP contribution in [0.1, 0.15) is 23.0 Å². The summed E-state index contributed by atoms with van der Waals surface area (Å²) in [5.41, 5.74) is 2.35. The van der Waals surface area contributed by atoms with Crippen LogP contribution in [0, 0.1) is 0 Å². The van der Waals surface area contributed by atoms with Gasteiger partial charge in [0.05, 0.1) is 17.8 Å². The van der Waals surface area contributed by atoms with Gasteiger partial charge in [0.2, 0.25) is 0 Å². The highest BCUT2D eigenvalue weighted by molar-refractivity contribution is 5.99. The lowest BCUT2D eigenvalue weighted by molar-refractivity contribution is 0.0951. The number of benzene rings is 1. The first-order valence-electron chi connectivity index (χ1n) is 6.30. The first kappa shape index (κ1) is 13.1. The zero-order valence-electron chi connectivity index (χ0n) is 11.2. The minimum absolute atomic E-state index is 0.0952. The minimum Gasteiger partial charge on any atom is -0.385 e. The van der Waals surface area contributed by atoms with Gasteiger partial charge < -0.3 is 10.6 Å². The standard InChI is InChI=1S/C14H18N4O/c1-3-15-13-7-5-4-6-12(13)14(19)16-10-11-8-9-18(2)17-11/h4-9,15H,3,10H2,1-2H3,(H,16,19). The number of aromatic nitrogens is 2. The van der Waals surface area contributed by atoms with E-state index in [9.17, 15) is 4.79 Å². The largest absolute Gasteiger partial charge is 0.385 e. The summed E-state index contributed by atoms with van der Waals surface area (Å²) in [5, 5.41) is 10.3. The molecule has 2 aromatic rings. The van der Waals surface area contributed by atoms with Crippen molar-refractivity contribution in [2.75, 3.05) is 11.9 Å². The van der Waals surface area contributed by atoms with Gasteiger partial charge in [0.15, 0.2) is 0 Å². The number of amides is 1. The lowest BCUT2D eigenvalue weighted by Gasteiger charge is -2.10. The third kappa shape index (κ3) is 3.34. The van der Waals surface area contributed by atoms with Crippen LogP contribution in [0.15, 0.2) is 36.5 Å². The Balaban J connectivity index is 2.03. The fourth-order valence-corrected chi connectivity index (χ4v) is 1.85. The van der Waals surface area contributed by atoms with E-state index in [1.807, 2.05) is 50.5 Å². The molecule has 0 bridgehead atoms. The molecule has 0 aliphatic rings. The molecule has 100 valence electrons. The highest BCUT2D eigenvalue weighted by Gasteiger charge is 2.10. The molecular formula is C14H18N4O. The van der Waals surface area contributed by atoms with Crippen molar-refractivity contribution in [2.45, 2.75) is 13.5 Å². The number of rotatable bonds is 5. The van der Waals surface area contributed by atoms with Gasteiger partial charge in [-0.1, -0.05) is 12.1 Å². The molecular weight excluding hydrogens is 240 g/mol. The fraction of sp³-hybridized carbons (Fsp3) is 0.286. The van der Waals surface area contributed by atoms with E-state index in [1.165, 1.54) is 0 Å². The maximum absolute atomic E-state index is 12.1. The van der Waals surface area contributed by atoms with Gasteiger partial charge in [0.1, 0.15) is 0 Å². The number of aryl methyl sites for hydroxylation is 1. The number of para-hydroxylation sites is 1. The van der Waals surface area contributed by atoms with Crippen LogP contribution in [-0.4, -0.2) is 22.2 Å². The van der Waals surface area contributed by atoms with Crippen molar-refractivity contribution >= 4 is 11.6 Å². The number of carbonyl (C=O) groups excluding carboxylic acids is 1. The Kier molecular flexibility index (Phi) is 4.18. The van der Waals surface area contributed by atoms with Crippen molar-refractivity contribution in [1.29, 1.82) is 0 Å². The molecule has 0 fully saturated rings. The summed E-state index contributed by atoms with van der Waals surface area (Å²) in [6.45, 7) is 3.22. The second kappa shape index (κ2) is 6.04. The molecule has 1 amide bonds. The Bertz CT molecular complexity index is 562. The van der Waals surface area contributed by atoms with E-state index >= 15 is 0 Å². The van der Waals surface area contributed by atoms with Crippen molar-refractivity contribution < 1.29 is 4.79 Å². The third-order valence-electron chi connectivity index (χ3n) is 2.74. The highest BCUT2D eigenvalue weighted by Crippen LogP contribution is 2.14. The third-order valence-corrected chi connectivity index (χ3v) is 2.74. The van der Waals surface area contributed by atoms with Crippen LogP contribution in [0.2, 0.25) is 0 Å². The Labute approximate surface area is 112 Å². The average Bonchev–Trinajstić information content (AvgIpc) is 2.83. The van der Waals surface area contributed by atoms with E-state index in [-0.39, 0.29) is 5.91 Å². The van der Waals surface area contributed by atoms with Crippen LogP contribution in [0.5, 0.6) is 0 Å². The normalized spacial score (nSPS) is 10.2. The lowest BCUT2D eigenvalue weighted by Crippen LogP contribution is -2.24. The van der Waals surface area contributed by atoms with E-state index in [1.54, 1.807) is 4.68 Å². The van der Waals surface area contributed by atoms with Crippen LogP contribution in [-0.2, 0) is 13.6 Å². The van der Waals surface area contributed by atoms with Gasteiger partial charge in [-0.25, -0.2) is 0 Å². The van der Waals surface area contributed by atoms with E-state index < -0.39 is 0 Å². The van der Waals surface area contributed by atoms with Crippen molar-refractivity contribution in [1.82, 2.24) is 15.1 Å². The molecule has 5 heteroatoms. The van der Waals surface area contributed by atoms with Gasteiger partial charge >= 0.3 is 0 Å². The topological polar surface area (TPSA) is 59.0 Å². The zero-order valence-corrected chi connectivity index (χ0v) is 11.2. The molecule has 2 N–H and O–H groups in total. The average molecular weight is 258 g/mol. The second-order valence-electron chi connectivity index (χ2n) is 4.24. The van der Waals surface area contributed by atoms with E-state index in [0.717, 1.165) is 17.9 Å². The Hall–Kier alpha value is -2.30. The predicted molar refractivity (Wildman–Crippen MR) is 75.0 cm³/mol. The summed E-state index contributed by atoms with van der Waals surface area (Å²) in [4.78, 5) is 12.1. The summed E-state index contributed by atoms with van der Waals surface area (Å²) in [7, 11) is 1.85. The zero-order chi connectivity index (χ0) is 13.7. The number of hydrogen-bond donors (Lipinski definition) is 2. The first-order valence-corrected chi connectivity index (χ1v) is 6.30. The summed E-state index contributed by atoms with van der Waals surface area (Å²) in [6, 6.07) is 9.37. The van der Waals surface area contributed by atoms with Crippen LogP contribution in [0.25, 0.3) is 0 Å². The van der Waals surface area contributed by atoms with Gasteiger partial charge in [0.25, 0.3) is 5.91 Å². The van der Waals surface area contributed by atoms with Crippen molar-refractivity contribution in [2.24, 2.45) is 7.05 Å². The van der Waals surface area contributed by atoms with Crippen LogP contribution in [0.4, 0.5) is 5.69 Å². The van der Waals surface area contributed by atoms with Gasteiger partial charge in [-0.05, 0) is 25.1 Å². The highest BCUT2D eigenvalue weighted by atomic mass is 16.1. The lowest BCUT2D eigenvalue weighted by atomic mass is 10.1. The molecule has 1 aromatic heterocycles. The first-order chi connectivity index (χ1) is 9.20. The Morgan fingerprint density at radius 2 is 2.11 bits per heavy atom. The molecule has 0 spiro atoms. The van der Waals surface area contributed by atoms with Crippen molar-refractivity contribution in [3.63, 3.8) is 0 Å². The summed E-state index contributed by atoms with van der Waals surface area (Å²) < 4.78 is 1.72. The number of carbonyl (C=O) groups is 1. The molecule has 0 radical (unpaired) electrons. The molecule has 1 heterocycles. The SMILES string of the molecule is CCNc1ccccc1C(=O)NCc1ccn(C)n1. The van der Waals surface area contributed by atoms with E-state index in [2.05, 4.69) is 15.7 Å². The van der Waals surface area contributed by atoms with Gasteiger partial charge in [-0.15, -0.1) is 0 Å². The molecule has 1 aromatic carbocycles. The van der Waals surface area contributed by atoms with Crippen molar-refractivity contribution in [3.05, 3.63) is 47.8 Å². The molecule has 0 aliphatic carbocycles. The smallest absolute Gasteiger partial charge is 0.253 e. The molecule has 0 saturated heterocycles. The molecule has 0 aliphatic heterocycles. The van der Waals surface area contributed by atoms with Crippen LogP contribution >= 0.6 is 0 Å². The van der Waals surface area contributed by atoms with E-state index in [4.69, 9.17) is 0 Å². The van der Waals surface area contributed by atoms with Gasteiger partial charge in [0, 0.05) is 25.5 Å². The number of hydrogen-bond acceptors (Lipinski definition) is 3. The summed E-state index contributed by atoms with van der Waals surface area (Å²) in [6.07, 6.45) is 1.86. The van der Waals surface area contributed by atoms with Crippen molar-refractivity contribution in [3.8, 4) is 0 Å². The molecule has 19 heavy (non-hydrogen) atoms. The molecule has 0 saturated carbocycles. The fourth-order valence-electron chi connectivity index (χ4n) is 1.85. The molecule has 5 nitrogen and oxygen atoms in total.